The third-order valence-electron chi connectivity index (χ3n) is 2.34. The molecule has 0 aliphatic rings. The second-order valence-electron chi connectivity index (χ2n) is 3.69. The first kappa shape index (κ1) is 15.0. The molecule has 2 atom stereocenters. The summed E-state index contributed by atoms with van der Waals surface area (Å²) in [6.07, 6.45) is -1.24. The van der Waals surface area contributed by atoms with Crippen molar-refractivity contribution >= 4 is 5.78 Å². The number of ketones is 1. The Morgan fingerprint density at radius 3 is 2.25 bits per heavy atom. The highest BCUT2D eigenvalue weighted by Gasteiger charge is 2.30. The topological polar surface area (TPSA) is 89.7 Å². The van der Waals surface area contributed by atoms with Crippen LogP contribution < -0.4 is 0 Å². The van der Waals surface area contributed by atoms with Gasteiger partial charge in [0.1, 0.15) is 6.10 Å². The molecule has 94 valence electrons. The quantitative estimate of drug-likeness (QED) is 0.494. The van der Waals surface area contributed by atoms with Crippen LogP contribution in [0.2, 0.25) is 0 Å². The van der Waals surface area contributed by atoms with Crippen LogP contribution in [0.4, 0.5) is 0 Å². The molecule has 0 aromatic heterocycles. The van der Waals surface area contributed by atoms with E-state index in [-0.39, 0.29) is 11.9 Å². The van der Waals surface area contributed by atoms with E-state index in [1.165, 1.54) is 6.92 Å². The lowest BCUT2D eigenvalue weighted by Crippen LogP contribution is -2.41. The van der Waals surface area contributed by atoms with Crippen molar-refractivity contribution in [3.63, 3.8) is 0 Å². The number of aliphatic hydroxyl groups excluding tert-OH is 1. The van der Waals surface area contributed by atoms with Gasteiger partial charge in [0.25, 0.3) is 0 Å². The maximum Gasteiger partial charge on any atom is 0.232 e. The lowest BCUT2D eigenvalue weighted by atomic mass is 10.1. The molecule has 0 bridgehead atoms. The molecule has 0 amide bonds. The predicted molar refractivity (Wildman–Crippen MR) is 57.8 cm³/mol. The average Bonchev–Trinajstić information content (AvgIpc) is 2.17. The van der Waals surface area contributed by atoms with E-state index in [9.17, 15) is 20.0 Å². The van der Waals surface area contributed by atoms with E-state index in [0.717, 1.165) is 0 Å². The number of ether oxygens (including phenoxy) is 1. The van der Waals surface area contributed by atoms with Gasteiger partial charge in [0, 0.05) is 4.92 Å². The van der Waals surface area contributed by atoms with Gasteiger partial charge in [-0.1, -0.05) is 13.8 Å². The molecule has 0 heterocycles. The van der Waals surface area contributed by atoms with Crippen molar-refractivity contribution in [2.45, 2.75) is 51.9 Å². The van der Waals surface area contributed by atoms with E-state index in [4.69, 9.17) is 4.74 Å². The molecule has 0 unspecified atom stereocenters. The Labute approximate surface area is 94.7 Å². The zero-order valence-corrected chi connectivity index (χ0v) is 9.88. The second-order valence-corrected chi connectivity index (χ2v) is 3.69. The smallest absolute Gasteiger partial charge is 0.232 e. The van der Waals surface area contributed by atoms with Crippen LogP contribution in [-0.2, 0) is 9.53 Å². The van der Waals surface area contributed by atoms with Gasteiger partial charge in [-0.3, -0.25) is 14.9 Å². The zero-order chi connectivity index (χ0) is 12.7. The SMILES string of the molecule is CCC(CC)O[C@H](C(C)=O)[C@H](O)C[N+](=O)[O-]. The number of carbonyl (C=O) groups excluding carboxylic acids is 1. The average molecular weight is 233 g/mol. The van der Waals surface area contributed by atoms with E-state index < -0.39 is 23.7 Å². The number of nitrogens with zero attached hydrogens (tertiary/aromatic N) is 1. The minimum atomic E-state index is -1.38. The van der Waals surface area contributed by atoms with Gasteiger partial charge in [0.15, 0.2) is 11.9 Å². The lowest BCUT2D eigenvalue weighted by molar-refractivity contribution is -0.492. The van der Waals surface area contributed by atoms with Crippen molar-refractivity contribution in [2.75, 3.05) is 6.54 Å². The van der Waals surface area contributed by atoms with Gasteiger partial charge in [-0.25, -0.2) is 0 Å². The van der Waals surface area contributed by atoms with Crippen molar-refractivity contribution in [2.24, 2.45) is 0 Å². The first-order valence-electron chi connectivity index (χ1n) is 5.38. The summed E-state index contributed by atoms with van der Waals surface area (Å²) < 4.78 is 5.37. The predicted octanol–water partition coefficient (Wildman–Crippen LogP) is 0.787. The lowest BCUT2D eigenvalue weighted by Gasteiger charge is -2.23. The highest BCUT2D eigenvalue weighted by atomic mass is 16.6. The Morgan fingerprint density at radius 2 is 1.94 bits per heavy atom. The number of aliphatic hydroxyl groups is 1. The van der Waals surface area contributed by atoms with Gasteiger partial charge < -0.3 is 9.84 Å². The van der Waals surface area contributed by atoms with Crippen molar-refractivity contribution < 1.29 is 19.6 Å². The summed E-state index contributed by atoms with van der Waals surface area (Å²) >= 11 is 0. The van der Waals surface area contributed by atoms with Gasteiger partial charge >= 0.3 is 0 Å². The van der Waals surface area contributed by atoms with Crippen molar-refractivity contribution in [1.29, 1.82) is 0 Å². The first-order valence-corrected chi connectivity index (χ1v) is 5.38. The molecule has 6 nitrogen and oxygen atoms in total. The fourth-order valence-electron chi connectivity index (χ4n) is 1.39. The van der Waals surface area contributed by atoms with Gasteiger partial charge in [-0.15, -0.1) is 0 Å². The van der Waals surface area contributed by atoms with Gasteiger partial charge in [0.05, 0.1) is 6.10 Å². The molecule has 0 fully saturated rings. The van der Waals surface area contributed by atoms with Gasteiger partial charge in [0.2, 0.25) is 6.54 Å². The monoisotopic (exact) mass is 233 g/mol. The summed E-state index contributed by atoms with van der Waals surface area (Å²) in [5.41, 5.74) is 0. The Bertz CT molecular complexity index is 239. The number of rotatable bonds is 8. The zero-order valence-electron chi connectivity index (χ0n) is 9.88. The van der Waals surface area contributed by atoms with E-state index in [1.54, 1.807) is 0 Å². The van der Waals surface area contributed by atoms with E-state index in [1.807, 2.05) is 13.8 Å². The Morgan fingerprint density at radius 1 is 1.44 bits per heavy atom. The molecule has 0 aliphatic carbocycles. The fraction of sp³-hybridized carbons (Fsp3) is 0.900. The summed E-state index contributed by atoms with van der Waals surface area (Å²) in [5.74, 6) is -0.388. The molecule has 0 saturated carbocycles. The minimum absolute atomic E-state index is 0.157. The number of Topliss-reactive ketones (excluding diaryl/α,β-unsaturated/α-hetero) is 1. The summed E-state index contributed by atoms with van der Waals surface area (Å²) in [6, 6.07) is 0. The number of nitro groups is 1. The normalized spacial score (nSPS) is 14.8. The third-order valence-corrected chi connectivity index (χ3v) is 2.34. The van der Waals surface area contributed by atoms with Gasteiger partial charge in [-0.2, -0.15) is 0 Å². The molecule has 0 radical (unpaired) electrons. The molecular weight excluding hydrogens is 214 g/mol. The summed E-state index contributed by atoms with van der Waals surface area (Å²) in [4.78, 5) is 20.8. The van der Waals surface area contributed by atoms with Crippen molar-refractivity contribution in [3.05, 3.63) is 10.1 Å². The molecule has 0 aromatic rings. The molecule has 1 N–H and O–H groups in total. The molecule has 0 rings (SSSR count). The first-order chi connectivity index (χ1) is 7.42. The molecule has 16 heavy (non-hydrogen) atoms. The van der Waals surface area contributed by atoms with Crippen LogP contribution in [0, 0.1) is 10.1 Å². The van der Waals surface area contributed by atoms with Crippen LogP contribution in [0.3, 0.4) is 0 Å². The van der Waals surface area contributed by atoms with Crippen molar-refractivity contribution in [1.82, 2.24) is 0 Å². The summed E-state index contributed by atoms with van der Waals surface area (Å²) in [7, 11) is 0. The Hall–Kier alpha value is -1.01. The van der Waals surface area contributed by atoms with Crippen LogP contribution in [0.5, 0.6) is 0 Å². The second kappa shape index (κ2) is 7.29. The molecular formula is C10H19NO5. The van der Waals surface area contributed by atoms with Crippen LogP contribution in [-0.4, -0.2) is 40.7 Å². The minimum Gasteiger partial charge on any atom is -0.383 e. The van der Waals surface area contributed by atoms with Crippen LogP contribution >= 0.6 is 0 Å². The number of carbonyl (C=O) groups is 1. The highest BCUT2D eigenvalue weighted by Crippen LogP contribution is 2.11. The third kappa shape index (κ3) is 5.18. The van der Waals surface area contributed by atoms with Crippen LogP contribution in [0.15, 0.2) is 0 Å². The molecule has 0 aromatic carbocycles. The maximum atomic E-state index is 11.2. The molecule has 0 aliphatic heterocycles. The Kier molecular flexibility index (Phi) is 6.83. The fourth-order valence-corrected chi connectivity index (χ4v) is 1.39. The number of hydrogen-bond acceptors (Lipinski definition) is 5. The maximum absolute atomic E-state index is 11.2. The standard InChI is InChI=1S/C10H19NO5/c1-4-8(5-2)16-10(7(3)12)9(13)6-11(14)15/h8-10,13H,4-6H2,1-3H3/t9-,10-/m1/s1. The van der Waals surface area contributed by atoms with Crippen molar-refractivity contribution in [3.8, 4) is 0 Å². The van der Waals surface area contributed by atoms with E-state index >= 15 is 0 Å². The summed E-state index contributed by atoms with van der Waals surface area (Å²) in [6.45, 7) is 4.37. The highest BCUT2D eigenvalue weighted by molar-refractivity contribution is 5.81. The largest absolute Gasteiger partial charge is 0.383 e. The molecule has 6 heteroatoms. The van der Waals surface area contributed by atoms with E-state index in [2.05, 4.69) is 0 Å². The Balaban J connectivity index is 4.47. The van der Waals surface area contributed by atoms with E-state index in [0.29, 0.717) is 12.8 Å². The number of hydrogen-bond donors (Lipinski definition) is 1. The van der Waals surface area contributed by atoms with Crippen LogP contribution in [0.1, 0.15) is 33.6 Å². The van der Waals surface area contributed by atoms with Crippen LogP contribution in [0.25, 0.3) is 0 Å². The van der Waals surface area contributed by atoms with Gasteiger partial charge in [-0.05, 0) is 19.8 Å². The summed E-state index contributed by atoms with van der Waals surface area (Å²) in [5, 5.41) is 19.7. The molecule has 0 saturated heterocycles. The molecule has 0 spiro atoms.